The first-order chi connectivity index (χ1) is 6.64. The third-order valence-corrected chi connectivity index (χ3v) is 2.48. The highest BCUT2D eigenvalue weighted by atomic mass is 35.5. The lowest BCUT2D eigenvalue weighted by Crippen LogP contribution is -2.38. The van der Waals surface area contributed by atoms with E-state index in [4.69, 9.17) is 10.5 Å². The van der Waals surface area contributed by atoms with Crippen LogP contribution >= 0.6 is 12.4 Å². The highest BCUT2D eigenvalue weighted by molar-refractivity contribution is 5.85. The van der Waals surface area contributed by atoms with Crippen LogP contribution in [0.1, 0.15) is 12.5 Å². The molecule has 1 unspecified atom stereocenters. The van der Waals surface area contributed by atoms with Crippen molar-refractivity contribution in [2.75, 3.05) is 12.4 Å². The lowest BCUT2D eigenvalue weighted by atomic mass is 10.0. The van der Waals surface area contributed by atoms with E-state index in [1.165, 1.54) is 0 Å². The van der Waals surface area contributed by atoms with E-state index in [1.54, 1.807) is 7.11 Å². The molecule has 0 aromatic heterocycles. The number of halogens is 1. The number of benzene rings is 1. The van der Waals surface area contributed by atoms with Crippen molar-refractivity contribution in [2.24, 2.45) is 5.73 Å². The van der Waals surface area contributed by atoms with E-state index in [9.17, 15) is 0 Å². The smallest absolute Gasteiger partial charge is 0.157 e. The van der Waals surface area contributed by atoms with E-state index in [0.29, 0.717) is 0 Å². The summed E-state index contributed by atoms with van der Waals surface area (Å²) in [5.74, 6) is 0. The molecular formula is C11H15ClN2O. The Labute approximate surface area is 95.7 Å². The van der Waals surface area contributed by atoms with Crippen LogP contribution < -0.4 is 11.1 Å². The van der Waals surface area contributed by atoms with E-state index in [2.05, 4.69) is 5.32 Å². The maximum Gasteiger partial charge on any atom is 0.157 e. The van der Waals surface area contributed by atoms with Crippen molar-refractivity contribution in [1.82, 2.24) is 0 Å². The number of hydrogen-bond acceptors (Lipinski definition) is 3. The summed E-state index contributed by atoms with van der Waals surface area (Å²) in [6.07, 6.45) is 1.88. The molecule has 1 aromatic carbocycles. The minimum Gasteiger partial charge on any atom is -0.398 e. The molecule has 0 fully saturated rings. The van der Waals surface area contributed by atoms with Crippen LogP contribution in [0, 0.1) is 0 Å². The lowest BCUT2D eigenvalue weighted by Gasteiger charge is -2.32. The maximum atomic E-state index is 5.94. The first-order valence-corrected chi connectivity index (χ1v) is 4.56. The molecule has 0 amide bonds. The van der Waals surface area contributed by atoms with Crippen molar-refractivity contribution in [3.63, 3.8) is 0 Å². The molecule has 0 spiro atoms. The minimum absolute atomic E-state index is 0. The topological polar surface area (TPSA) is 47.3 Å². The molecule has 3 nitrogen and oxygen atoms in total. The number of fused-ring (bicyclic) bond motifs is 1. The van der Waals surface area contributed by atoms with Gasteiger partial charge in [-0.25, -0.2) is 0 Å². The molecule has 15 heavy (non-hydrogen) atoms. The van der Waals surface area contributed by atoms with Crippen molar-refractivity contribution in [2.45, 2.75) is 12.6 Å². The lowest BCUT2D eigenvalue weighted by molar-refractivity contribution is 0.0731. The maximum absolute atomic E-state index is 5.94. The number of methoxy groups -OCH3 is 1. The number of nitrogens with two attached hydrogens (primary N) is 1. The number of anilines is 1. The van der Waals surface area contributed by atoms with E-state index in [-0.39, 0.29) is 12.4 Å². The van der Waals surface area contributed by atoms with Gasteiger partial charge in [0, 0.05) is 24.1 Å². The molecule has 2 rings (SSSR count). The van der Waals surface area contributed by atoms with Gasteiger partial charge in [-0.15, -0.1) is 12.4 Å². The average Bonchev–Trinajstić information content (AvgIpc) is 2.18. The van der Waals surface area contributed by atoms with Gasteiger partial charge >= 0.3 is 0 Å². The summed E-state index contributed by atoms with van der Waals surface area (Å²) in [5, 5.41) is 3.27. The first-order valence-electron chi connectivity index (χ1n) is 4.56. The Hall–Kier alpha value is -1.19. The molecule has 1 atom stereocenters. The normalized spacial score (nSPS) is 23.2. The van der Waals surface area contributed by atoms with Gasteiger partial charge in [0.25, 0.3) is 0 Å². The fourth-order valence-electron chi connectivity index (χ4n) is 1.63. The van der Waals surface area contributed by atoms with Gasteiger partial charge in [-0.1, -0.05) is 18.2 Å². The zero-order valence-corrected chi connectivity index (χ0v) is 9.60. The van der Waals surface area contributed by atoms with Gasteiger partial charge < -0.3 is 15.8 Å². The number of para-hydroxylation sites is 1. The van der Waals surface area contributed by atoms with E-state index >= 15 is 0 Å². The van der Waals surface area contributed by atoms with Crippen LogP contribution in [0.25, 0.3) is 5.70 Å². The second-order valence-electron chi connectivity index (χ2n) is 3.58. The summed E-state index contributed by atoms with van der Waals surface area (Å²) in [6.45, 7) is 1.94. The van der Waals surface area contributed by atoms with Gasteiger partial charge in [-0.05, 0) is 19.1 Å². The Bertz CT molecular complexity index is 392. The molecule has 1 aliphatic heterocycles. The number of hydrogen-bond donors (Lipinski definition) is 2. The Balaban J connectivity index is 0.00000112. The summed E-state index contributed by atoms with van der Waals surface area (Å²) in [6, 6.07) is 7.92. The highest BCUT2D eigenvalue weighted by Gasteiger charge is 2.26. The molecule has 0 aliphatic carbocycles. The molecule has 0 saturated heterocycles. The predicted octanol–water partition coefficient (Wildman–Crippen LogP) is 2.20. The monoisotopic (exact) mass is 226 g/mol. The van der Waals surface area contributed by atoms with Crippen molar-refractivity contribution in [1.29, 1.82) is 0 Å². The first kappa shape index (κ1) is 11.9. The number of ether oxygens (including phenoxy) is 1. The summed E-state index contributed by atoms with van der Waals surface area (Å²) in [5.41, 5.74) is 8.23. The van der Waals surface area contributed by atoms with Crippen LogP contribution in [-0.4, -0.2) is 12.8 Å². The molecule has 0 radical (unpaired) electrons. The summed E-state index contributed by atoms with van der Waals surface area (Å²) in [4.78, 5) is 0. The SMILES string of the molecule is COC1(C)C=C(N)c2ccccc2N1.Cl. The summed E-state index contributed by atoms with van der Waals surface area (Å²) >= 11 is 0. The van der Waals surface area contributed by atoms with E-state index < -0.39 is 5.72 Å². The quantitative estimate of drug-likeness (QED) is 0.772. The molecule has 0 saturated carbocycles. The van der Waals surface area contributed by atoms with Gasteiger partial charge in [-0.3, -0.25) is 0 Å². The standard InChI is InChI=1S/C11H14N2O.ClH/c1-11(14-2)7-9(12)8-5-3-4-6-10(8)13-11;/h3-7,13H,12H2,1-2H3;1H. The molecule has 1 aliphatic rings. The zero-order chi connectivity index (χ0) is 10.2. The second kappa shape index (κ2) is 4.13. The molecular weight excluding hydrogens is 212 g/mol. The molecule has 4 heteroatoms. The molecule has 0 bridgehead atoms. The minimum atomic E-state index is -0.502. The van der Waals surface area contributed by atoms with Crippen LogP contribution in [-0.2, 0) is 4.74 Å². The van der Waals surface area contributed by atoms with Crippen molar-refractivity contribution >= 4 is 23.8 Å². The summed E-state index contributed by atoms with van der Waals surface area (Å²) < 4.78 is 5.34. The van der Waals surface area contributed by atoms with Gasteiger partial charge in [0.15, 0.2) is 5.72 Å². The third-order valence-electron chi connectivity index (χ3n) is 2.48. The largest absolute Gasteiger partial charge is 0.398 e. The fraction of sp³-hybridized carbons (Fsp3) is 0.273. The van der Waals surface area contributed by atoms with Crippen molar-refractivity contribution in [3.8, 4) is 0 Å². The van der Waals surface area contributed by atoms with Crippen LogP contribution in [0.4, 0.5) is 5.69 Å². The van der Waals surface area contributed by atoms with Crippen molar-refractivity contribution < 1.29 is 4.74 Å². The molecule has 3 N–H and O–H groups in total. The molecule has 1 aromatic rings. The van der Waals surface area contributed by atoms with E-state index in [1.807, 2.05) is 37.3 Å². The van der Waals surface area contributed by atoms with Crippen molar-refractivity contribution in [3.05, 3.63) is 35.9 Å². The zero-order valence-electron chi connectivity index (χ0n) is 8.78. The van der Waals surface area contributed by atoms with Gasteiger partial charge in [0.05, 0.1) is 0 Å². The Morgan fingerprint density at radius 3 is 2.67 bits per heavy atom. The second-order valence-corrected chi connectivity index (χ2v) is 3.58. The van der Waals surface area contributed by atoms with E-state index in [0.717, 1.165) is 16.9 Å². The average molecular weight is 227 g/mol. The number of rotatable bonds is 1. The Morgan fingerprint density at radius 1 is 1.33 bits per heavy atom. The Morgan fingerprint density at radius 2 is 2.00 bits per heavy atom. The van der Waals surface area contributed by atoms with Gasteiger partial charge in [0.2, 0.25) is 0 Å². The van der Waals surface area contributed by atoms with Crippen LogP contribution in [0.15, 0.2) is 30.3 Å². The Kier molecular flexibility index (Phi) is 3.27. The van der Waals surface area contributed by atoms with Crippen LogP contribution in [0.3, 0.4) is 0 Å². The number of nitrogens with one attached hydrogen (secondary N) is 1. The molecule has 82 valence electrons. The highest BCUT2D eigenvalue weighted by Crippen LogP contribution is 2.31. The van der Waals surface area contributed by atoms with Crippen LogP contribution in [0.5, 0.6) is 0 Å². The van der Waals surface area contributed by atoms with Crippen LogP contribution in [0.2, 0.25) is 0 Å². The predicted molar refractivity (Wildman–Crippen MR) is 64.9 cm³/mol. The fourth-order valence-corrected chi connectivity index (χ4v) is 1.63. The summed E-state index contributed by atoms with van der Waals surface area (Å²) in [7, 11) is 1.66. The van der Waals surface area contributed by atoms with Gasteiger partial charge in [-0.2, -0.15) is 0 Å². The van der Waals surface area contributed by atoms with Gasteiger partial charge in [0.1, 0.15) is 0 Å². The molecule has 1 heterocycles. The third kappa shape index (κ3) is 2.08.